The summed E-state index contributed by atoms with van der Waals surface area (Å²) in [5, 5.41) is 15.5. The second-order valence-electron chi connectivity index (χ2n) is 2.83. The van der Waals surface area contributed by atoms with Gasteiger partial charge in [-0.15, -0.1) is 20.4 Å². The fourth-order valence-electron chi connectivity index (χ4n) is 1.11. The van der Waals surface area contributed by atoms with Gasteiger partial charge in [-0.25, -0.2) is 4.98 Å². The summed E-state index contributed by atoms with van der Waals surface area (Å²) in [6.45, 7) is 1.73. The van der Waals surface area contributed by atoms with Gasteiger partial charge in [-0.3, -0.25) is 0 Å². The third-order valence-corrected chi connectivity index (χ3v) is 1.78. The van der Waals surface area contributed by atoms with E-state index in [1.54, 1.807) is 32.4 Å². The molecule has 2 rings (SSSR count). The maximum atomic E-state index is 5.08. The third-order valence-electron chi connectivity index (χ3n) is 1.78. The van der Waals surface area contributed by atoms with Crippen molar-refractivity contribution in [1.82, 2.24) is 25.4 Å². The predicted molar refractivity (Wildman–Crippen MR) is 52.1 cm³/mol. The van der Waals surface area contributed by atoms with Crippen molar-refractivity contribution >= 4 is 0 Å². The van der Waals surface area contributed by atoms with Gasteiger partial charge in [0.1, 0.15) is 0 Å². The van der Waals surface area contributed by atoms with Crippen LogP contribution in [0.2, 0.25) is 0 Å². The molecule has 76 valence electrons. The highest BCUT2D eigenvalue weighted by Gasteiger charge is 2.09. The number of hydrogen-bond acceptors (Lipinski definition) is 6. The zero-order valence-corrected chi connectivity index (χ0v) is 8.38. The van der Waals surface area contributed by atoms with E-state index < -0.39 is 0 Å². The van der Waals surface area contributed by atoms with Crippen molar-refractivity contribution in [3.63, 3.8) is 0 Å². The molecule has 0 aliphatic heterocycles. The quantitative estimate of drug-likeness (QED) is 0.713. The van der Waals surface area contributed by atoms with Gasteiger partial charge < -0.3 is 4.74 Å². The smallest absolute Gasteiger partial charge is 0.224 e. The van der Waals surface area contributed by atoms with E-state index in [4.69, 9.17) is 4.74 Å². The minimum atomic E-state index is 0.408. The van der Waals surface area contributed by atoms with E-state index in [1.807, 2.05) is 0 Å². The summed E-state index contributed by atoms with van der Waals surface area (Å²) in [6.07, 6.45) is 1.64. The SMILES string of the molecule is COc1ncccc1-c1nnc(C)nn1. The highest BCUT2D eigenvalue weighted by Crippen LogP contribution is 2.22. The fraction of sp³-hybridized carbons (Fsp3) is 0.222. The number of hydrogen-bond donors (Lipinski definition) is 0. The third kappa shape index (κ3) is 1.88. The van der Waals surface area contributed by atoms with Gasteiger partial charge in [0, 0.05) is 6.20 Å². The molecule has 0 bridgehead atoms. The minimum absolute atomic E-state index is 0.408. The average Bonchev–Trinajstić information content (AvgIpc) is 2.30. The van der Waals surface area contributed by atoms with Crippen molar-refractivity contribution in [2.75, 3.05) is 7.11 Å². The van der Waals surface area contributed by atoms with Gasteiger partial charge >= 0.3 is 0 Å². The first-order chi connectivity index (χ1) is 7.31. The van der Waals surface area contributed by atoms with Crippen molar-refractivity contribution in [3.05, 3.63) is 24.2 Å². The fourth-order valence-corrected chi connectivity index (χ4v) is 1.11. The van der Waals surface area contributed by atoms with Gasteiger partial charge in [0.05, 0.1) is 12.7 Å². The Kier molecular flexibility index (Phi) is 2.49. The number of methoxy groups -OCH3 is 1. The van der Waals surface area contributed by atoms with Crippen molar-refractivity contribution in [2.24, 2.45) is 0 Å². The number of nitrogens with zero attached hydrogens (tertiary/aromatic N) is 5. The Bertz CT molecular complexity index is 456. The van der Waals surface area contributed by atoms with Crippen LogP contribution in [0.3, 0.4) is 0 Å². The molecule has 2 heterocycles. The Morgan fingerprint density at radius 2 is 1.87 bits per heavy atom. The molecular formula is C9H9N5O. The lowest BCUT2D eigenvalue weighted by Crippen LogP contribution is -2.00. The first-order valence-electron chi connectivity index (χ1n) is 4.34. The van der Waals surface area contributed by atoms with Crippen LogP contribution in [0.4, 0.5) is 0 Å². The lowest BCUT2D eigenvalue weighted by Gasteiger charge is -2.03. The number of aromatic nitrogens is 5. The van der Waals surface area contributed by atoms with E-state index in [2.05, 4.69) is 25.4 Å². The molecule has 0 aromatic carbocycles. The zero-order chi connectivity index (χ0) is 10.7. The van der Waals surface area contributed by atoms with Crippen LogP contribution in [0.25, 0.3) is 11.4 Å². The first-order valence-corrected chi connectivity index (χ1v) is 4.34. The van der Waals surface area contributed by atoms with E-state index in [-0.39, 0.29) is 0 Å². The normalized spacial score (nSPS) is 10.0. The zero-order valence-electron chi connectivity index (χ0n) is 8.38. The molecule has 0 aliphatic rings. The summed E-state index contributed by atoms with van der Waals surface area (Å²) < 4.78 is 5.08. The second kappa shape index (κ2) is 3.95. The van der Waals surface area contributed by atoms with Crippen molar-refractivity contribution in [1.29, 1.82) is 0 Å². The molecule has 2 aromatic heterocycles. The van der Waals surface area contributed by atoms with E-state index >= 15 is 0 Å². The van der Waals surface area contributed by atoms with Crippen LogP contribution < -0.4 is 4.74 Å². The van der Waals surface area contributed by atoms with Crippen LogP contribution in [-0.4, -0.2) is 32.5 Å². The van der Waals surface area contributed by atoms with Crippen molar-refractivity contribution in [2.45, 2.75) is 6.92 Å². The molecular weight excluding hydrogens is 194 g/mol. The highest BCUT2D eigenvalue weighted by atomic mass is 16.5. The van der Waals surface area contributed by atoms with Crippen LogP contribution in [-0.2, 0) is 0 Å². The van der Waals surface area contributed by atoms with E-state index in [0.29, 0.717) is 23.1 Å². The Morgan fingerprint density at radius 1 is 1.13 bits per heavy atom. The largest absolute Gasteiger partial charge is 0.480 e. The molecule has 6 nitrogen and oxygen atoms in total. The first kappa shape index (κ1) is 9.45. The van der Waals surface area contributed by atoms with Crippen LogP contribution >= 0.6 is 0 Å². The van der Waals surface area contributed by atoms with Crippen LogP contribution in [0, 0.1) is 6.92 Å². The number of rotatable bonds is 2. The van der Waals surface area contributed by atoms with Gasteiger partial charge in [0.15, 0.2) is 5.82 Å². The lowest BCUT2D eigenvalue weighted by molar-refractivity contribution is 0.399. The maximum absolute atomic E-state index is 5.08. The molecule has 0 atom stereocenters. The molecule has 0 unspecified atom stereocenters. The Hall–Kier alpha value is -2.11. The maximum Gasteiger partial charge on any atom is 0.224 e. The minimum Gasteiger partial charge on any atom is -0.480 e. The lowest BCUT2D eigenvalue weighted by atomic mass is 10.2. The van der Waals surface area contributed by atoms with Gasteiger partial charge in [-0.2, -0.15) is 0 Å². The van der Waals surface area contributed by atoms with E-state index in [1.165, 1.54) is 0 Å². The summed E-state index contributed by atoms with van der Waals surface area (Å²) in [7, 11) is 1.54. The molecule has 0 saturated heterocycles. The molecule has 0 radical (unpaired) electrons. The van der Waals surface area contributed by atoms with E-state index in [9.17, 15) is 0 Å². The van der Waals surface area contributed by atoms with Gasteiger partial charge in [-0.05, 0) is 19.1 Å². The second-order valence-corrected chi connectivity index (χ2v) is 2.83. The van der Waals surface area contributed by atoms with Crippen LogP contribution in [0.5, 0.6) is 5.88 Å². The van der Waals surface area contributed by atoms with E-state index in [0.717, 1.165) is 0 Å². The standard InChI is InChI=1S/C9H9N5O/c1-6-11-13-8(14-12-6)7-4-3-5-10-9(7)15-2/h3-5H,1-2H3. The summed E-state index contributed by atoms with van der Waals surface area (Å²) in [4.78, 5) is 4.04. The Labute approximate surface area is 86.4 Å². The number of aryl methyl sites for hydroxylation is 1. The molecule has 0 aliphatic carbocycles. The summed E-state index contributed by atoms with van der Waals surface area (Å²) in [5.41, 5.74) is 0.681. The molecule has 0 spiro atoms. The Morgan fingerprint density at radius 3 is 2.53 bits per heavy atom. The van der Waals surface area contributed by atoms with Gasteiger partial charge in [0.2, 0.25) is 11.7 Å². The molecule has 0 fully saturated rings. The van der Waals surface area contributed by atoms with Crippen LogP contribution in [0.1, 0.15) is 5.82 Å². The monoisotopic (exact) mass is 203 g/mol. The summed E-state index contributed by atoms with van der Waals surface area (Å²) in [5.74, 6) is 1.40. The van der Waals surface area contributed by atoms with Crippen molar-refractivity contribution in [3.8, 4) is 17.3 Å². The molecule has 6 heteroatoms. The summed E-state index contributed by atoms with van der Waals surface area (Å²) >= 11 is 0. The predicted octanol–water partition coefficient (Wildman–Crippen LogP) is 0.646. The number of ether oxygens (including phenoxy) is 1. The van der Waals surface area contributed by atoms with Gasteiger partial charge in [-0.1, -0.05) is 0 Å². The Balaban J connectivity index is 2.49. The van der Waals surface area contributed by atoms with Crippen molar-refractivity contribution < 1.29 is 4.74 Å². The molecule has 15 heavy (non-hydrogen) atoms. The molecule has 0 amide bonds. The summed E-state index contributed by atoms with van der Waals surface area (Å²) in [6, 6.07) is 3.58. The number of pyridine rings is 1. The topological polar surface area (TPSA) is 73.7 Å². The van der Waals surface area contributed by atoms with Gasteiger partial charge in [0.25, 0.3) is 0 Å². The van der Waals surface area contributed by atoms with Crippen LogP contribution in [0.15, 0.2) is 18.3 Å². The average molecular weight is 203 g/mol. The molecule has 2 aromatic rings. The highest BCUT2D eigenvalue weighted by molar-refractivity contribution is 5.60. The molecule has 0 N–H and O–H groups in total. The molecule has 0 saturated carbocycles.